The van der Waals surface area contributed by atoms with Crippen molar-refractivity contribution in [3.05, 3.63) is 0 Å². The average Bonchev–Trinajstić information content (AvgIpc) is 2.29. The molecule has 2 nitrogen and oxygen atoms in total. The minimum Gasteiger partial charge on any atom is -0.362 e. The first-order valence-electron chi connectivity index (χ1n) is 7.01. The molecule has 0 aliphatic carbocycles. The van der Waals surface area contributed by atoms with E-state index in [9.17, 15) is 0 Å². The third kappa shape index (κ3) is 5.80. The van der Waals surface area contributed by atoms with Crippen molar-refractivity contribution >= 4 is 16.9 Å². The molecule has 0 spiro atoms. The van der Waals surface area contributed by atoms with E-state index >= 15 is 0 Å². The minimum absolute atomic E-state index is 0.375. The molecule has 1 rings (SSSR count). The van der Waals surface area contributed by atoms with Crippen LogP contribution in [0.2, 0.25) is 0 Å². The molecule has 1 aliphatic rings. The number of hydrogen-bond acceptors (Lipinski definition) is 3. The number of unbranched alkanes of at least 4 members (excludes halogenated alkanes) is 1. The normalized spacial score (nSPS) is 20.8. The largest absolute Gasteiger partial charge is 0.362 e. The van der Waals surface area contributed by atoms with Gasteiger partial charge in [-0.1, -0.05) is 58.7 Å². The van der Waals surface area contributed by atoms with Crippen molar-refractivity contribution < 1.29 is 0 Å². The van der Waals surface area contributed by atoms with E-state index in [4.69, 9.17) is 0 Å². The van der Waals surface area contributed by atoms with Crippen molar-refractivity contribution in [3.63, 3.8) is 0 Å². The molecule has 1 unspecified atom stereocenters. The van der Waals surface area contributed by atoms with Crippen LogP contribution in [0.15, 0.2) is 4.99 Å². The molecule has 0 aromatic carbocycles. The topological polar surface area (TPSA) is 24.4 Å². The summed E-state index contributed by atoms with van der Waals surface area (Å²) in [6, 6.07) is 0.632. The summed E-state index contributed by atoms with van der Waals surface area (Å²) < 4.78 is 0. The number of hydrogen-bond donors (Lipinski definition) is 1. The molecule has 0 fully saturated rings. The maximum Gasteiger partial charge on any atom is 0.156 e. The molecule has 1 aliphatic heterocycles. The van der Waals surface area contributed by atoms with Gasteiger partial charge >= 0.3 is 0 Å². The van der Waals surface area contributed by atoms with Crippen LogP contribution in [0.5, 0.6) is 0 Å². The summed E-state index contributed by atoms with van der Waals surface area (Å²) in [4.78, 5) is 4.68. The highest BCUT2D eigenvalue weighted by molar-refractivity contribution is 8.13. The second-order valence-corrected chi connectivity index (χ2v) is 6.81. The molecule has 1 N–H and O–H groups in total. The average molecular weight is 256 g/mol. The second-order valence-electron chi connectivity index (χ2n) is 5.85. The van der Waals surface area contributed by atoms with Gasteiger partial charge in [-0.05, 0) is 18.3 Å². The zero-order chi connectivity index (χ0) is 12.7. The van der Waals surface area contributed by atoms with Gasteiger partial charge in [0.2, 0.25) is 0 Å². The number of aliphatic imine (C=N–C) groups is 1. The summed E-state index contributed by atoms with van der Waals surface area (Å²) in [6.07, 6.45) is 6.41. The smallest absolute Gasteiger partial charge is 0.156 e. The van der Waals surface area contributed by atoms with Gasteiger partial charge in [0.15, 0.2) is 5.17 Å². The Morgan fingerprint density at radius 1 is 1.29 bits per heavy atom. The fourth-order valence-electron chi connectivity index (χ4n) is 1.99. The summed E-state index contributed by atoms with van der Waals surface area (Å²) in [7, 11) is 0. The summed E-state index contributed by atoms with van der Waals surface area (Å²) >= 11 is 1.90. The lowest BCUT2D eigenvalue weighted by molar-refractivity contribution is 0.433. The van der Waals surface area contributed by atoms with Crippen LogP contribution in [-0.2, 0) is 0 Å². The molecule has 0 saturated heterocycles. The number of nitrogens with zero attached hydrogens (tertiary/aromatic N) is 1. The van der Waals surface area contributed by atoms with Crippen LogP contribution in [0.4, 0.5) is 0 Å². The molecule has 0 aromatic rings. The van der Waals surface area contributed by atoms with Gasteiger partial charge in [0, 0.05) is 18.3 Å². The monoisotopic (exact) mass is 256 g/mol. The van der Waals surface area contributed by atoms with Gasteiger partial charge in [-0.25, -0.2) is 0 Å². The highest BCUT2D eigenvalue weighted by Gasteiger charge is 2.24. The lowest BCUT2D eigenvalue weighted by Gasteiger charge is -2.29. The summed E-state index contributed by atoms with van der Waals surface area (Å²) in [6.45, 7) is 10.1. The van der Waals surface area contributed by atoms with Gasteiger partial charge in [0.05, 0.1) is 0 Å². The Hall–Kier alpha value is -0.180. The van der Waals surface area contributed by atoms with Crippen molar-refractivity contribution in [1.29, 1.82) is 0 Å². The highest BCUT2D eigenvalue weighted by Crippen LogP contribution is 2.27. The third-order valence-electron chi connectivity index (χ3n) is 3.12. The van der Waals surface area contributed by atoms with Crippen LogP contribution in [0.25, 0.3) is 0 Å². The molecule has 1 heterocycles. The highest BCUT2D eigenvalue weighted by atomic mass is 32.2. The van der Waals surface area contributed by atoms with Crippen molar-refractivity contribution in [2.75, 3.05) is 12.3 Å². The van der Waals surface area contributed by atoms with E-state index in [2.05, 4.69) is 38.0 Å². The van der Waals surface area contributed by atoms with E-state index < -0.39 is 0 Å². The standard InChI is InChI=1S/C14H28N2S/c1-5-7-9-12(8-6-2)16-13-15-10-14(3,4)11-17-13/h12H,5-11H2,1-4H3,(H,15,16). The zero-order valence-electron chi connectivity index (χ0n) is 11.9. The Balaban J connectivity index is 2.41. The molecule has 0 radical (unpaired) electrons. The first-order chi connectivity index (χ1) is 8.07. The summed E-state index contributed by atoms with van der Waals surface area (Å²) in [5.74, 6) is 1.19. The molecule has 0 amide bonds. The van der Waals surface area contributed by atoms with Crippen LogP contribution >= 0.6 is 11.8 Å². The van der Waals surface area contributed by atoms with Crippen molar-refractivity contribution in [2.45, 2.75) is 65.8 Å². The SMILES string of the molecule is CCCCC(CCC)NC1=NCC(C)(C)CS1. The molecule has 3 heteroatoms. The van der Waals surface area contributed by atoms with Crippen molar-refractivity contribution in [1.82, 2.24) is 5.32 Å². The molecular formula is C14H28N2S. The Kier molecular flexibility index (Phi) is 6.39. The van der Waals surface area contributed by atoms with Crippen LogP contribution in [0, 0.1) is 5.41 Å². The maximum absolute atomic E-state index is 4.68. The molecule has 17 heavy (non-hydrogen) atoms. The van der Waals surface area contributed by atoms with E-state index in [0.717, 1.165) is 6.54 Å². The molecule has 0 aromatic heterocycles. The number of rotatable bonds is 6. The van der Waals surface area contributed by atoms with E-state index in [1.54, 1.807) is 0 Å². The Labute approximate surface area is 111 Å². The second kappa shape index (κ2) is 7.30. The lowest BCUT2D eigenvalue weighted by atomic mass is 9.97. The lowest BCUT2D eigenvalue weighted by Crippen LogP contribution is -2.37. The van der Waals surface area contributed by atoms with Gasteiger partial charge in [0.25, 0.3) is 0 Å². The Morgan fingerprint density at radius 2 is 2.06 bits per heavy atom. The van der Waals surface area contributed by atoms with Gasteiger partial charge in [-0.2, -0.15) is 0 Å². The Morgan fingerprint density at radius 3 is 2.59 bits per heavy atom. The van der Waals surface area contributed by atoms with Gasteiger partial charge in [-0.15, -0.1) is 0 Å². The number of thioether (sulfide) groups is 1. The predicted molar refractivity (Wildman–Crippen MR) is 79.9 cm³/mol. The van der Waals surface area contributed by atoms with Crippen LogP contribution in [0.3, 0.4) is 0 Å². The first kappa shape index (κ1) is 14.9. The predicted octanol–water partition coefficient (Wildman–Crippen LogP) is 4.06. The molecule has 100 valence electrons. The van der Waals surface area contributed by atoms with Crippen molar-refractivity contribution in [3.8, 4) is 0 Å². The first-order valence-corrected chi connectivity index (χ1v) is 7.99. The van der Waals surface area contributed by atoms with E-state index in [1.165, 1.54) is 43.0 Å². The van der Waals surface area contributed by atoms with Crippen LogP contribution in [-0.4, -0.2) is 23.5 Å². The van der Waals surface area contributed by atoms with Gasteiger partial charge in [0.1, 0.15) is 0 Å². The molecule has 1 atom stereocenters. The maximum atomic E-state index is 4.68. The van der Waals surface area contributed by atoms with E-state index in [1.807, 2.05) is 11.8 Å². The number of nitrogens with one attached hydrogen (secondary N) is 1. The summed E-state index contributed by atoms with van der Waals surface area (Å²) in [5.41, 5.74) is 0.375. The molecule has 0 saturated carbocycles. The molecular weight excluding hydrogens is 228 g/mol. The van der Waals surface area contributed by atoms with E-state index in [-0.39, 0.29) is 0 Å². The zero-order valence-corrected chi connectivity index (χ0v) is 12.7. The van der Waals surface area contributed by atoms with Crippen LogP contribution < -0.4 is 5.32 Å². The van der Waals surface area contributed by atoms with Crippen molar-refractivity contribution in [2.24, 2.45) is 10.4 Å². The quantitative estimate of drug-likeness (QED) is 0.775. The van der Waals surface area contributed by atoms with E-state index in [0.29, 0.717) is 11.5 Å². The fraction of sp³-hybridized carbons (Fsp3) is 0.929. The number of amidine groups is 1. The summed E-state index contributed by atoms with van der Waals surface area (Å²) in [5, 5.41) is 4.82. The molecule has 0 bridgehead atoms. The minimum atomic E-state index is 0.375. The fourth-order valence-corrected chi connectivity index (χ4v) is 3.02. The Bertz CT molecular complexity index is 249. The van der Waals surface area contributed by atoms with Gasteiger partial charge in [-0.3, -0.25) is 4.99 Å². The third-order valence-corrected chi connectivity index (χ3v) is 4.57. The van der Waals surface area contributed by atoms with Crippen LogP contribution in [0.1, 0.15) is 59.8 Å². The van der Waals surface area contributed by atoms with Gasteiger partial charge < -0.3 is 5.32 Å².